The summed E-state index contributed by atoms with van der Waals surface area (Å²) in [4.78, 5) is 20.4. The van der Waals surface area contributed by atoms with E-state index in [0.29, 0.717) is 6.42 Å². The Morgan fingerprint density at radius 3 is 2.57 bits per heavy atom. The minimum absolute atomic E-state index is 0.208. The molecule has 1 heterocycles. The number of hydrogen-bond acceptors (Lipinski definition) is 4. The Hall–Kier alpha value is -1.16. The second kappa shape index (κ2) is 3.92. The maximum atomic E-state index is 11.0. The summed E-state index contributed by atoms with van der Waals surface area (Å²) in [5.41, 5.74) is 1.05. The Labute approximate surface area is 86.6 Å². The number of allylic oxidation sites excluding steroid dienone is 2. The van der Waals surface area contributed by atoms with E-state index in [2.05, 4.69) is 9.97 Å². The normalized spacial score (nSPS) is 15.8. The fourth-order valence-electron chi connectivity index (χ4n) is 1.20. The van der Waals surface area contributed by atoms with Gasteiger partial charge in [-0.1, -0.05) is 11.8 Å². The van der Waals surface area contributed by atoms with Crippen molar-refractivity contribution in [3.05, 3.63) is 28.9 Å². The molecule has 2 rings (SSSR count). The third kappa shape index (κ3) is 2.20. The number of ketones is 1. The summed E-state index contributed by atoms with van der Waals surface area (Å²) in [6.07, 6.45) is 6.72. The van der Waals surface area contributed by atoms with Crippen molar-refractivity contribution in [2.24, 2.45) is 0 Å². The molecule has 1 aromatic rings. The van der Waals surface area contributed by atoms with Gasteiger partial charge in [-0.05, 0) is 29.9 Å². The molecule has 0 saturated carbocycles. The van der Waals surface area contributed by atoms with Crippen LogP contribution in [0, 0.1) is 6.92 Å². The van der Waals surface area contributed by atoms with Gasteiger partial charge in [0, 0.05) is 18.8 Å². The van der Waals surface area contributed by atoms with Gasteiger partial charge in [-0.15, -0.1) is 0 Å². The summed E-state index contributed by atoms with van der Waals surface area (Å²) in [5.74, 6) is 0.208. The second-order valence-corrected chi connectivity index (χ2v) is 4.32. The molecule has 14 heavy (non-hydrogen) atoms. The largest absolute Gasteiger partial charge is 0.295 e. The number of aromatic nitrogens is 2. The summed E-state index contributed by atoms with van der Waals surface area (Å²) >= 11 is 1.48. The molecule has 72 valence electrons. The van der Waals surface area contributed by atoms with Crippen LogP contribution in [0.2, 0.25) is 0 Å². The number of aryl methyl sites for hydroxylation is 1. The first kappa shape index (κ1) is 9.40. The van der Waals surface area contributed by atoms with Crippen LogP contribution in [0.5, 0.6) is 0 Å². The third-order valence-electron chi connectivity index (χ3n) is 1.92. The lowest BCUT2D eigenvalue weighted by molar-refractivity contribution is -0.114. The SMILES string of the molecule is Cc1cnc(SC2=CC(=O)CC2)nc1. The molecular formula is C10H10N2OS. The van der Waals surface area contributed by atoms with E-state index in [1.165, 1.54) is 11.8 Å². The highest BCUT2D eigenvalue weighted by Crippen LogP contribution is 2.30. The van der Waals surface area contributed by atoms with Crippen LogP contribution in [0.1, 0.15) is 18.4 Å². The minimum Gasteiger partial charge on any atom is -0.295 e. The van der Waals surface area contributed by atoms with Crippen molar-refractivity contribution in [2.75, 3.05) is 0 Å². The van der Waals surface area contributed by atoms with E-state index in [1.54, 1.807) is 18.5 Å². The van der Waals surface area contributed by atoms with E-state index in [4.69, 9.17) is 0 Å². The van der Waals surface area contributed by atoms with Crippen LogP contribution in [-0.2, 0) is 4.79 Å². The van der Waals surface area contributed by atoms with Crippen LogP contribution in [0.3, 0.4) is 0 Å². The first-order valence-electron chi connectivity index (χ1n) is 4.44. The number of thioether (sulfide) groups is 1. The van der Waals surface area contributed by atoms with Gasteiger partial charge in [0.15, 0.2) is 10.9 Å². The molecule has 0 amide bonds. The summed E-state index contributed by atoms with van der Waals surface area (Å²) in [5, 5.41) is 0.719. The predicted octanol–water partition coefficient (Wildman–Crippen LogP) is 2.12. The van der Waals surface area contributed by atoms with Gasteiger partial charge in [-0.3, -0.25) is 4.79 Å². The fraction of sp³-hybridized carbons (Fsp3) is 0.300. The van der Waals surface area contributed by atoms with E-state index in [0.717, 1.165) is 22.0 Å². The van der Waals surface area contributed by atoms with Gasteiger partial charge in [0.05, 0.1) is 0 Å². The zero-order valence-corrected chi connectivity index (χ0v) is 8.67. The van der Waals surface area contributed by atoms with E-state index in [1.807, 2.05) is 6.92 Å². The van der Waals surface area contributed by atoms with Crippen LogP contribution >= 0.6 is 11.8 Å². The first-order valence-corrected chi connectivity index (χ1v) is 5.25. The van der Waals surface area contributed by atoms with E-state index in [-0.39, 0.29) is 5.78 Å². The lowest BCUT2D eigenvalue weighted by Crippen LogP contribution is -1.86. The van der Waals surface area contributed by atoms with Gasteiger partial charge in [0.1, 0.15) is 0 Å². The topological polar surface area (TPSA) is 42.9 Å². The molecule has 0 aromatic carbocycles. The standard InChI is InChI=1S/C10H10N2OS/c1-7-5-11-10(12-6-7)14-9-3-2-8(13)4-9/h4-6H,2-3H2,1H3. The highest BCUT2D eigenvalue weighted by Gasteiger charge is 2.13. The maximum absolute atomic E-state index is 11.0. The van der Waals surface area contributed by atoms with Crippen molar-refractivity contribution in [3.8, 4) is 0 Å². The number of hydrogen-bond donors (Lipinski definition) is 0. The molecule has 0 fully saturated rings. The monoisotopic (exact) mass is 206 g/mol. The van der Waals surface area contributed by atoms with Gasteiger partial charge < -0.3 is 0 Å². The molecule has 0 N–H and O–H groups in total. The predicted molar refractivity (Wildman–Crippen MR) is 55.0 cm³/mol. The van der Waals surface area contributed by atoms with E-state index in [9.17, 15) is 4.79 Å². The fourth-order valence-corrected chi connectivity index (χ4v) is 2.04. The summed E-state index contributed by atoms with van der Waals surface area (Å²) in [7, 11) is 0. The zero-order valence-electron chi connectivity index (χ0n) is 7.86. The number of carbonyl (C=O) groups is 1. The van der Waals surface area contributed by atoms with Crippen LogP contribution in [0.25, 0.3) is 0 Å². The highest BCUT2D eigenvalue weighted by atomic mass is 32.2. The average molecular weight is 206 g/mol. The quantitative estimate of drug-likeness (QED) is 0.695. The van der Waals surface area contributed by atoms with Crippen LogP contribution in [-0.4, -0.2) is 15.8 Å². The summed E-state index contributed by atoms with van der Waals surface area (Å²) in [6.45, 7) is 1.95. The molecule has 0 bridgehead atoms. The van der Waals surface area contributed by atoms with Crippen LogP contribution < -0.4 is 0 Å². The molecule has 3 nitrogen and oxygen atoms in total. The molecule has 4 heteroatoms. The Bertz CT molecular complexity index is 384. The summed E-state index contributed by atoms with van der Waals surface area (Å²) < 4.78 is 0. The Morgan fingerprint density at radius 2 is 2.00 bits per heavy atom. The molecule has 0 unspecified atom stereocenters. The van der Waals surface area contributed by atoms with E-state index < -0.39 is 0 Å². The zero-order chi connectivity index (χ0) is 9.97. The number of nitrogens with zero attached hydrogens (tertiary/aromatic N) is 2. The molecule has 1 aromatic heterocycles. The van der Waals surface area contributed by atoms with Crippen LogP contribution in [0.4, 0.5) is 0 Å². The van der Waals surface area contributed by atoms with Crippen molar-refractivity contribution in [2.45, 2.75) is 24.9 Å². The van der Waals surface area contributed by atoms with Crippen molar-refractivity contribution in [1.82, 2.24) is 9.97 Å². The number of carbonyl (C=O) groups excluding carboxylic acids is 1. The molecular weight excluding hydrogens is 196 g/mol. The highest BCUT2D eigenvalue weighted by molar-refractivity contribution is 8.03. The second-order valence-electron chi connectivity index (χ2n) is 3.22. The Balaban J connectivity index is 2.08. The van der Waals surface area contributed by atoms with Gasteiger partial charge in [-0.2, -0.15) is 0 Å². The van der Waals surface area contributed by atoms with Crippen molar-refractivity contribution in [1.29, 1.82) is 0 Å². The van der Waals surface area contributed by atoms with Gasteiger partial charge in [-0.25, -0.2) is 9.97 Å². The van der Waals surface area contributed by atoms with Gasteiger partial charge in [0.25, 0.3) is 0 Å². The third-order valence-corrected chi connectivity index (χ3v) is 2.90. The molecule has 0 saturated heterocycles. The van der Waals surface area contributed by atoms with Crippen LogP contribution in [0.15, 0.2) is 28.5 Å². The van der Waals surface area contributed by atoms with Crippen molar-refractivity contribution in [3.63, 3.8) is 0 Å². The molecule has 0 atom stereocenters. The van der Waals surface area contributed by atoms with Crippen molar-refractivity contribution < 1.29 is 4.79 Å². The molecule has 0 spiro atoms. The molecule has 0 radical (unpaired) electrons. The van der Waals surface area contributed by atoms with Gasteiger partial charge in [0.2, 0.25) is 0 Å². The smallest absolute Gasteiger partial charge is 0.192 e. The van der Waals surface area contributed by atoms with Crippen molar-refractivity contribution >= 4 is 17.5 Å². The van der Waals surface area contributed by atoms with E-state index >= 15 is 0 Å². The molecule has 0 aliphatic heterocycles. The lowest BCUT2D eigenvalue weighted by Gasteiger charge is -1.98. The number of rotatable bonds is 2. The molecule has 1 aliphatic carbocycles. The average Bonchev–Trinajstić information content (AvgIpc) is 2.56. The minimum atomic E-state index is 0.208. The Morgan fingerprint density at radius 1 is 1.29 bits per heavy atom. The lowest BCUT2D eigenvalue weighted by atomic mass is 10.3. The first-order chi connectivity index (χ1) is 6.74. The summed E-state index contributed by atoms with van der Waals surface area (Å²) in [6, 6.07) is 0. The Kier molecular flexibility index (Phi) is 2.63. The maximum Gasteiger partial charge on any atom is 0.192 e. The molecule has 1 aliphatic rings. The van der Waals surface area contributed by atoms with Gasteiger partial charge >= 0.3 is 0 Å².